The number of aliphatic hydroxyl groups excluding tert-OH is 1. The van der Waals surface area contributed by atoms with Crippen molar-refractivity contribution in [1.82, 2.24) is 4.72 Å². The molecule has 5 nitrogen and oxygen atoms in total. The van der Waals surface area contributed by atoms with E-state index in [4.69, 9.17) is 17.3 Å². The Bertz CT molecular complexity index is 542. The molecule has 0 heterocycles. The van der Waals surface area contributed by atoms with Crippen LogP contribution in [0, 0.1) is 0 Å². The summed E-state index contributed by atoms with van der Waals surface area (Å²) in [6.07, 6.45) is 2.36. The molecule has 1 aromatic rings. The molecule has 19 heavy (non-hydrogen) atoms. The van der Waals surface area contributed by atoms with Crippen LogP contribution in [0.2, 0.25) is 5.02 Å². The quantitative estimate of drug-likeness (QED) is 0.738. The lowest BCUT2D eigenvalue weighted by atomic mass is 9.93. The molecule has 2 rings (SSSR count). The molecule has 0 aliphatic heterocycles. The second-order valence-electron chi connectivity index (χ2n) is 4.74. The Hall–Kier alpha value is -0.820. The third-order valence-electron chi connectivity index (χ3n) is 3.30. The maximum Gasteiger partial charge on any atom is 0.244 e. The Morgan fingerprint density at radius 1 is 1.32 bits per heavy atom. The number of rotatable bonds is 3. The van der Waals surface area contributed by atoms with Crippen molar-refractivity contribution >= 4 is 27.3 Å². The molecule has 0 saturated heterocycles. The van der Waals surface area contributed by atoms with Gasteiger partial charge in [0.25, 0.3) is 0 Å². The standard InChI is InChI=1S/C12H17ClN2O3S/c13-8-4-3-5-9(14)12(8)19(17,18)15-10-6-1-2-7-11(10)16/h3-5,10-11,15-16H,1-2,6-7,14H2/t10-,11-/m0/s1. The molecule has 0 bridgehead atoms. The molecule has 0 spiro atoms. The average molecular weight is 305 g/mol. The molecule has 0 unspecified atom stereocenters. The van der Waals surface area contributed by atoms with Crippen LogP contribution in [-0.2, 0) is 10.0 Å². The van der Waals surface area contributed by atoms with Gasteiger partial charge in [0.2, 0.25) is 10.0 Å². The van der Waals surface area contributed by atoms with Crippen LogP contribution in [0.5, 0.6) is 0 Å². The summed E-state index contributed by atoms with van der Waals surface area (Å²) < 4.78 is 27.1. The minimum absolute atomic E-state index is 0.0813. The molecule has 1 saturated carbocycles. The molecule has 0 aromatic heterocycles. The zero-order chi connectivity index (χ0) is 14.0. The first-order valence-corrected chi connectivity index (χ1v) is 8.02. The van der Waals surface area contributed by atoms with E-state index in [0.29, 0.717) is 12.8 Å². The zero-order valence-corrected chi connectivity index (χ0v) is 11.9. The molecule has 106 valence electrons. The summed E-state index contributed by atoms with van der Waals surface area (Å²) in [7, 11) is -3.82. The number of hydrogen-bond acceptors (Lipinski definition) is 4. The van der Waals surface area contributed by atoms with Crippen LogP contribution in [0.15, 0.2) is 23.1 Å². The maximum absolute atomic E-state index is 12.3. The maximum atomic E-state index is 12.3. The van der Waals surface area contributed by atoms with Crippen LogP contribution >= 0.6 is 11.6 Å². The molecular weight excluding hydrogens is 288 g/mol. The Kier molecular flexibility index (Phi) is 4.35. The van der Waals surface area contributed by atoms with Crippen molar-refractivity contribution in [1.29, 1.82) is 0 Å². The van der Waals surface area contributed by atoms with Gasteiger partial charge in [-0.25, -0.2) is 13.1 Å². The van der Waals surface area contributed by atoms with Gasteiger partial charge in [-0.1, -0.05) is 30.5 Å². The molecular formula is C12H17ClN2O3S. The Morgan fingerprint density at radius 2 is 2.00 bits per heavy atom. The van der Waals surface area contributed by atoms with Crippen molar-refractivity contribution in [2.45, 2.75) is 42.7 Å². The highest BCUT2D eigenvalue weighted by molar-refractivity contribution is 7.89. The van der Waals surface area contributed by atoms with Crippen molar-refractivity contribution in [2.24, 2.45) is 0 Å². The number of anilines is 1. The lowest BCUT2D eigenvalue weighted by Crippen LogP contribution is -2.45. The van der Waals surface area contributed by atoms with Gasteiger partial charge in [-0.3, -0.25) is 0 Å². The normalized spacial score (nSPS) is 24.3. The van der Waals surface area contributed by atoms with Crippen molar-refractivity contribution < 1.29 is 13.5 Å². The number of nitrogens with one attached hydrogen (secondary N) is 1. The first-order valence-electron chi connectivity index (χ1n) is 6.16. The molecule has 0 radical (unpaired) electrons. The third-order valence-corrected chi connectivity index (χ3v) is 5.34. The summed E-state index contributed by atoms with van der Waals surface area (Å²) in [6, 6.07) is 4.07. The van der Waals surface area contributed by atoms with Crippen molar-refractivity contribution in [3.8, 4) is 0 Å². The second-order valence-corrected chi connectivity index (χ2v) is 6.80. The predicted molar refractivity (Wildman–Crippen MR) is 74.4 cm³/mol. The third kappa shape index (κ3) is 3.20. The van der Waals surface area contributed by atoms with Gasteiger partial charge < -0.3 is 10.8 Å². The fraction of sp³-hybridized carbons (Fsp3) is 0.500. The Balaban J connectivity index is 2.27. The molecule has 0 amide bonds. The molecule has 1 aliphatic carbocycles. The van der Waals surface area contributed by atoms with Crippen LogP contribution in [0.3, 0.4) is 0 Å². The van der Waals surface area contributed by atoms with Gasteiger partial charge in [-0.15, -0.1) is 0 Å². The molecule has 4 N–H and O–H groups in total. The van der Waals surface area contributed by atoms with E-state index in [-0.39, 0.29) is 15.6 Å². The topological polar surface area (TPSA) is 92.4 Å². The minimum Gasteiger partial charge on any atom is -0.398 e. The Morgan fingerprint density at radius 3 is 2.63 bits per heavy atom. The van der Waals surface area contributed by atoms with E-state index in [2.05, 4.69) is 4.72 Å². The monoisotopic (exact) mass is 304 g/mol. The number of nitrogens with two attached hydrogens (primary N) is 1. The number of sulfonamides is 1. The fourth-order valence-electron chi connectivity index (χ4n) is 2.32. The van der Waals surface area contributed by atoms with Gasteiger partial charge in [-0.05, 0) is 25.0 Å². The average Bonchev–Trinajstić information content (AvgIpc) is 2.31. The van der Waals surface area contributed by atoms with Crippen molar-refractivity contribution in [3.63, 3.8) is 0 Å². The van der Waals surface area contributed by atoms with Crippen LogP contribution in [0.4, 0.5) is 5.69 Å². The lowest BCUT2D eigenvalue weighted by Gasteiger charge is -2.28. The van der Waals surface area contributed by atoms with Crippen LogP contribution in [-0.4, -0.2) is 25.7 Å². The van der Waals surface area contributed by atoms with Gasteiger partial charge in [0.05, 0.1) is 16.8 Å². The van der Waals surface area contributed by atoms with Gasteiger partial charge in [-0.2, -0.15) is 0 Å². The van der Waals surface area contributed by atoms with E-state index in [1.165, 1.54) is 12.1 Å². The molecule has 1 fully saturated rings. The highest BCUT2D eigenvalue weighted by atomic mass is 35.5. The summed E-state index contributed by atoms with van der Waals surface area (Å²) in [5.74, 6) is 0. The smallest absolute Gasteiger partial charge is 0.244 e. The van der Waals surface area contributed by atoms with Crippen LogP contribution in [0.1, 0.15) is 25.7 Å². The molecule has 2 atom stereocenters. The number of benzene rings is 1. The van der Waals surface area contributed by atoms with E-state index < -0.39 is 22.2 Å². The summed E-state index contributed by atoms with van der Waals surface area (Å²) >= 11 is 5.91. The number of halogens is 1. The van der Waals surface area contributed by atoms with E-state index in [1.807, 2.05) is 0 Å². The highest BCUT2D eigenvalue weighted by Gasteiger charge is 2.30. The molecule has 1 aliphatic rings. The number of hydrogen-bond donors (Lipinski definition) is 3. The van der Waals surface area contributed by atoms with Gasteiger partial charge in [0.15, 0.2) is 0 Å². The fourth-order valence-corrected chi connectivity index (χ4v) is 4.30. The number of nitrogen functional groups attached to an aromatic ring is 1. The van der Waals surface area contributed by atoms with E-state index >= 15 is 0 Å². The SMILES string of the molecule is Nc1cccc(Cl)c1S(=O)(=O)N[C@H]1CCCC[C@@H]1O. The van der Waals surface area contributed by atoms with Gasteiger partial charge in [0, 0.05) is 6.04 Å². The Labute approximate surface area is 117 Å². The first kappa shape index (κ1) is 14.6. The lowest BCUT2D eigenvalue weighted by molar-refractivity contribution is 0.101. The predicted octanol–water partition coefficient (Wildman–Crippen LogP) is 1.50. The highest BCUT2D eigenvalue weighted by Crippen LogP contribution is 2.28. The first-order chi connectivity index (χ1) is 8.92. The molecule has 1 aromatic carbocycles. The molecule has 7 heteroatoms. The van der Waals surface area contributed by atoms with E-state index in [0.717, 1.165) is 12.8 Å². The van der Waals surface area contributed by atoms with Crippen molar-refractivity contribution in [2.75, 3.05) is 5.73 Å². The van der Waals surface area contributed by atoms with E-state index in [1.54, 1.807) is 6.07 Å². The summed E-state index contributed by atoms with van der Waals surface area (Å²) in [5, 5.41) is 9.91. The minimum atomic E-state index is -3.82. The van der Waals surface area contributed by atoms with Gasteiger partial charge in [0.1, 0.15) is 4.90 Å². The van der Waals surface area contributed by atoms with Crippen molar-refractivity contribution in [3.05, 3.63) is 23.2 Å². The summed E-state index contributed by atoms with van der Waals surface area (Å²) in [4.78, 5) is -0.116. The second kappa shape index (κ2) is 5.66. The largest absolute Gasteiger partial charge is 0.398 e. The summed E-state index contributed by atoms with van der Waals surface area (Å²) in [5.41, 5.74) is 5.78. The number of aliphatic hydroxyl groups is 1. The van der Waals surface area contributed by atoms with Crippen LogP contribution < -0.4 is 10.5 Å². The van der Waals surface area contributed by atoms with Crippen LogP contribution in [0.25, 0.3) is 0 Å². The van der Waals surface area contributed by atoms with E-state index in [9.17, 15) is 13.5 Å². The zero-order valence-electron chi connectivity index (χ0n) is 10.3. The van der Waals surface area contributed by atoms with Gasteiger partial charge >= 0.3 is 0 Å². The summed E-state index contributed by atoms with van der Waals surface area (Å²) in [6.45, 7) is 0.